The van der Waals surface area contributed by atoms with Crippen LogP contribution in [0.3, 0.4) is 0 Å². The molecule has 28 heavy (non-hydrogen) atoms. The van der Waals surface area contributed by atoms with E-state index >= 15 is 0 Å². The molecule has 1 aliphatic heterocycles. The van der Waals surface area contributed by atoms with Crippen LogP contribution in [0.4, 0.5) is 5.69 Å². The van der Waals surface area contributed by atoms with Crippen molar-refractivity contribution in [2.75, 3.05) is 65.6 Å². The fraction of sp³-hybridized carbons (Fsp3) is 0.529. The van der Waals surface area contributed by atoms with E-state index in [1.54, 1.807) is 11.0 Å². The summed E-state index contributed by atoms with van der Waals surface area (Å²) < 4.78 is 39.7. The molecule has 11 heteroatoms. The molecule has 0 saturated carbocycles. The van der Waals surface area contributed by atoms with Crippen LogP contribution < -0.4 is 14.8 Å². The van der Waals surface area contributed by atoms with Crippen molar-refractivity contribution in [2.45, 2.75) is 0 Å². The van der Waals surface area contributed by atoms with E-state index in [4.69, 9.17) is 14.2 Å². The number of nitrogens with zero attached hydrogens (tertiary/aromatic N) is 2. The molecule has 1 N–H and O–H groups in total. The molecular formula is C17H25N3O7S. The number of nitrogens with one attached hydrogen (secondary N) is 1. The lowest BCUT2D eigenvalue weighted by Gasteiger charge is -2.33. The summed E-state index contributed by atoms with van der Waals surface area (Å²) in [6, 6.07) is 3.03. The summed E-state index contributed by atoms with van der Waals surface area (Å²) in [7, 11) is 0.913. The molecule has 1 saturated heterocycles. The molecule has 1 aromatic carbocycles. The third-order valence-corrected chi connectivity index (χ3v) is 5.72. The van der Waals surface area contributed by atoms with Gasteiger partial charge in [0, 0.05) is 38.3 Å². The van der Waals surface area contributed by atoms with Gasteiger partial charge >= 0.3 is 5.97 Å². The smallest absolute Gasteiger partial charge is 0.340 e. The maximum Gasteiger partial charge on any atom is 0.340 e. The van der Waals surface area contributed by atoms with Crippen molar-refractivity contribution in [3.63, 3.8) is 0 Å². The maximum absolute atomic E-state index is 12.5. The highest BCUT2D eigenvalue weighted by molar-refractivity contribution is 7.88. The van der Waals surface area contributed by atoms with Crippen LogP contribution in [0.1, 0.15) is 10.4 Å². The summed E-state index contributed by atoms with van der Waals surface area (Å²) in [5.74, 6) is -0.0417. The Hall–Kier alpha value is -2.53. The van der Waals surface area contributed by atoms with Crippen molar-refractivity contribution in [1.29, 1.82) is 0 Å². The molecule has 1 heterocycles. The number of carbonyl (C=O) groups excluding carboxylic acids is 2. The van der Waals surface area contributed by atoms with E-state index in [2.05, 4.69) is 5.32 Å². The highest BCUT2D eigenvalue weighted by atomic mass is 32.2. The van der Waals surface area contributed by atoms with Crippen molar-refractivity contribution in [2.24, 2.45) is 0 Å². The largest absolute Gasteiger partial charge is 0.493 e. The lowest BCUT2D eigenvalue weighted by molar-refractivity contribution is -0.130. The van der Waals surface area contributed by atoms with Crippen molar-refractivity contribution >= 4 is 27.6 Å². The van der Waals surface area contributed by atoms with Crippen LogP contribution in [0.25, 0.3) is 0 Å². The molecule has 10 nitrogen and oxygen atoms in total. The number of esters is 1. The predicted octanol–water partition coefficient (Wildman–Crippen LogP) is 0.00610. The second kappa shape index (κ2) is 9.11. The van der Waals surface area contributed by atoms with Gasteiger partial charge in [0.2, 0.25) is 15.9 Å². The van der Waals surface area contributed by atoms with Gasteiger partial charge in [0.25, 0.3) is 0 Å². The molecular weight excluding hydrogens is 390 g/mol. The molecule has 0 aromatic heterocycles. The second-order valence-corrected chi connectivity index (χ2v) is 8.12. The predicted molar refractivity (Wildman–Crippen MR) is 102 cm³/mol. The van der Waals surface area contributed by atoms with E-state index in [0.717, 1.165) is 6.26 Å². The first-order chi connectivity index (χ1) is 13.2. The maximum atomic E-state index is 12.5. The molecule has 0 unspecified atom stereocenters. The van der Waals surface area contributed by atoms with Crippen LogP contribution >= 0.6 is 0 Å². The summed E-state index contributed by atoms with van der Waals surface area (Å²) in [6.45, 7) is 1.06. The van der Waals surface area contributed by atoms with Crippen molar-refractivity contribution < 1.29 is 32.2 Å². The molecule has 1 amide bonds. The molecule has 1 aromatic rings. The topological polar surface area (TPSA) is 114 Å². The zero-order valence-corrected chi connectivity index (χ0v) is 17.2. The van der Waals surface area contributed by atoms with Gasteiger partial charge in [0.1, 0.15) is 0 Å². The monoisotopic (exact) mass is 415 g/mol. The SMILES string of the molecule is COC(=O)c1cc(OC)c(OC)cc1NCC(=O)N1CCN(S(C)(=O)=O)CC1. The third-order valence-electron chi connectivity index (χ3n) is 4.42. The number of sulfonamides is 1. The highest BCUT2D eigenvalue weighted by Crippen LogP contribution is 2.33. The van der Waals surface area contributed by atoms with Gasteiger partial charge in [-0.05, 0) is 0 Å². The Kier molecular flexibility index (Phi) is 7.08. The Morgan fingerprint density at radius 3 is 2.11 bits per heavy atom. The van der Waals surface area contributed by atoms with E-state index in [-0.39, 0.29) is 31.1 Å². The zero-order valence-electron chi connectivity index (χ0n) is 16.4. The van der Waals surface area contributed by atoms with E-state index in [9.17, 15) is 18.0 Å². The van der Waals surface area contributed by atoms with Crippen LogP contribution in [0, 0.1) is 0 Å². The summed E-state index contributed by atoms with van der Waals surface area (Å²) in [5.41, 5.74) is 0.572. The van der Waals surface area contributed by atoms with Crippen molar-refractivity contribution in [1.82, 2.24) is 9.21 Å². The highest BCUT2D eigenvalue weighted by Gasteiger charge is 2.26. The Morgan fingerprint density at radius 2 is 1.61 bits per heavy atom. The number of methoxy groups -OCH3 is 3. The second-order valence-electron chi connectivity index (χ2n) is 6.14. The molecule has 0 bridgehead atoms. The van der Waals surface area contributed by atoms with E-state index in [1.807, 2.05) is 0 Å². The Bertz CT molecular complexity index is 833. The minimum Gasteiger partial charge on any atom is -0.493 e. The quantitative estimate of drug-likeness (QED) is 0.619. The van der Waals surface area contributed by atoms with Crippen LogP contribution in [0.5, 0.6) is 11.5 Å². The number of amides is 1. The lowest BCUT2D eigenvalue weighted by Crippen LogP contribution is -2.51. The number of ether oxygens (including phenoxy) is 3. The Labute approximate surface area is 164 Å². The van der Waals surface area contributed by atoms with Gasteiger partial charge in [-0.3, -0.25) is 4.79 Å². The molecule has 0 atom stereocenters. The minimum atomic E-state index is -3.26. The van der Waals surface area contributed by atoms with E-state index in [0.29, 0.717) is 30.3 Å². The fourth-order valence-corrected chi connectivity index (χ4v) is 3.68. The number of benzene rings is 1. The molecule has 0 spiro atoms. The molecule has 2 rings (SSSR count). The first-order valence-electron chi connectivity index (χ1n) is 8.52. The summed E-state index contributed by atoms with van der Waals surface area (Å²) >= 11 is 0. The molecule has 1 fully saturated rings. The number of hydrogen-bond donors (Lipinski definition) is 1. The number of piperazine rings is 1. The number of rotatable bonds is 7. The average Bonchev–Trinajstić information content (AvgIpc) is 2.70. The number of anilines is 1. The standard InChI is InChI=1S/C17H25N3O7S/c1-25-14-9-12(17(22)27-3)13(10-15(14)26-2)18-11-16(21)19-5-7-20(8-6-19)28(4,23)24/h9-10,18H,5-8,11H2,1-4H3. The summed E-state index contributed by atoms with van der Waals surface area (Å²) in [4.78, 5) is 26.1. The van der Waals surface area contributed by atoms with E-state index in [1.165, 1.54) is 31.7 Å². The van der Waals surface area contributed by atoms with Crippen LogP contribution in [-0.2, 0) is 19.6 Å². The molecule has 0 radical (unpaired) electrons. The van der Waals surface area contributed by atoms with Crippen molar-refractivity contribution in [3.8, 4) is 11.5 Å². The Balaban J connectivity index is 2.09. The normalized spacial score (nSPS) is 15.1. The third kappa shape index (κ3) is 5.04. The Morgan fingerprint density at radius 1 is 1.04 bits per heavy atom. The van der Waals surface area contributed by atoms with Gasteiger partial charge in [0.15, 0.2) is 11.5 Å². The van der Waals surface area contributed by atoms with E-state index < -0.39 is 16.0 Å². The lowest BCUT2D eigenvalue weighted by atomic mass is 10.1. The zero-order chi connectivity index (χ0) is 20.9. The van der Waals surface area contributed by atoms with Gasteiger partial charge in [-0.15, -0.1) is 0 Å². The minimum absolute atomic E-state index is 0.0711. The first kappa shape index (κ1) is 21.8. The fourth-order valence-electron chi connectivity index (χ4n) is 2.86. The number of hydrogen-bond acceptors (Lipinski definition) is 8. The van der Waals surface area contributed by atoms with Crippen molar-refractivity contribution in [3.05, 3.63) is 17.7 Å². The van der Waals surface area contributed by atoms with Crippen LogP contribution in [-0.4, -0.2) is 89.8 Å². The van der Waals surface area contributed by atoms with Gasteiger partial charge in [0.05, 0.1) is 45.4 Å². The number of carbonyl (C=O) groups is 2. The molecule has 0 aliphatic carbocycles. The van der Waals surface area contributed by atoms with Gasteiger partial charge < -0.3 is 24.4 Å². The summed E-state index contributed by atoms with van der Waals surface area (Å²) in [6.07, 6.45) is 1.15. The van der Waals surface area contributed by atoms with Gasteiger partial charge in [-0.2, -0.15) is 4.31 Å². The van der Waals surface area contributed by atoms with Crippen LogP contribution in [0.15, 0.2) is 12.1 Å². The summed E-state index contributed by atoms with van der Waals surface area (Å²) in [5, 5.41) is 2.93. The average molecular weight is 415 g/mol. The first-order valence-corrected chi connectivity index (χ1v) is 10.4. The van der Waals surface area contributed by atoms with Gasteiger partial charge in [-0.1, -0.05) is 0 Å². The van der Waals surface area contributed by atoms with Crippen LogP contribution in [0.2, 0.25) is 0 Å². The molecule has 156 valence electrons. The molecule has 1 aliphatic rings. The van der Waals surface area contributed by atoms with Gasteiger partial charge in [-0.25, -0.2) is 13.2 Å².